The number of amides is 1. The summed E-state index contributed by atoms with van der Waals surface area (Å²) < 4.78 is 11.5. The van der Waals surface area contributed by atoms with Crippen LogP contribution in [0, 0.1) is 5.92 Å². The smallest absolute Gasteiger partial charge is 0.220 e. The number of likely N-dealkylation sites (tertiary alicyclic amines) is 1. The van der Waals surface area contributed by atoms with E-state index in [1.54, 1.807) is 0 Å². The molecule has 28 heavy (non-hydrogen) atoms. The first kappa shape index (κ1) is 21.2. The molecule has 0 radical (unpaired) electrons. The number of unbranched alkanes of at least 4 members (excludes halogenated alkanes) is 4. The molecule has 0 aromatic carbocycles. The van der Waals surface area contributed by atoms with Crippen molar-refractivity contribution in [1.82, 2.24) is 10.2 Å². The number of carbonyl (C=O) groups excluding carboxylic acids is 1. The summed E-state index contributed by atoms with van der Waals surface area (Å²) in [5, 5.41) is 3.35. The molecule has 1 saturated heterocycles. The van der Waals surface area contributed by atoms with Crippen LogP contribution >= 0.6 is 0 Å². The number of nitrogens with zero attached hydrogens (tertiary/aromatic N) is 1. The molecule has 3 rings (SSSR count). The maximum atomic E-state index is 12.5. The Morgan fingerprint density at radius 3 is 2.79 bits per heavy atom. The van der Waals surface area contributed by atoms with Crippen LogP contribution in [0.3, 0.4) is 0 Å². The van der Waals surface area contributed by atoms with Crippen molar-refractivity contribution in [2.75, 3.05) is 32.8 Å². The third-order valence-electron chi connectivity index (χ3n) is 6.00. The van der Waals surface area contributed by atoms with Crippen molar-refractivity contribution in [3.05, 3.63) is 23.7 Å². The first-order chi connectivity index (χ1) is 13.7. The van der Waals surface area contributed by atoms with Gasteiger partial charge in [0.15, 0.2) is 5.76 Å². The van der Waals surface area contributed by atoms with Gasteiger partial charge in [0.2, 0.25) is 5.91 Å². The summed E-state index contributed by atoms with van der Waals surface area (Å²) >= 11 is 0. The molecule has 1 amide bonds. The lowest BCUT2D eigenvalue weighted by atomic mass is 9.91. The van der Waals surface area contributed by atoms with Gasteiger partial charge in [0.25, 0.3) is 0 Å². The zero-order chi connectivity index (χ0) is 19.6. The molecule has 1 aliphatic carbocycles. The van der Waals surface area contributed by atoms with E-state index in [1.165, 1.54) is 32.1 Å². The average Bonchev–Trinajstić information content (AvgIpc) is 3.20. The molecule has 1 fully saturated rings. The van der Waals surface area contributed by atoms with Crippen LogP contribution in [0.15, 0.2) is 23.7 Å². The van der Waals surface area contributed by atoms with E-state index in [2.05, 4.69) is 29.3 Å². The second kappa shape index (κ2) is 11.5. The predicted molar refractivity (Wildman–Crippen MR) is 112 cm³/mol. The molecule has 158 valence electrons. The van der Waals surface area contributed by atoms with Crippen LogP contribution < -0.4 is 5.32 Å². The van der Waals surface area contributed by atoms with Crippen molar-refractivity contribution in [2.45, 2.75) is 77.2 Å². The van der Waals surface area contributed by atoms with E-state index < -0.39 is 0 Å². The van der Waals surface area contributed by atoms with Gasteiger partial charge in [-0.1, -0.05) is 38.7 Å². The largest absolute Gasteiger partial charge is 0.490 e. The number of ether oxygens (including phenoxy) is 2. The van der Waals surface area contributed by atoms with Gasteiger partial charge in [-0.2, -0.15) is 0 Å². The summed E-state index contributed by atoms with van der Waals surface area (Å²) in [5.74, 6) is 2.51. The van der Waals surface area contributed by atoms with Crippen molar-refractivity contribution < 1.29 is 14.3 Å². The lowest BCUT2D eigenvalue weighted by molar-refractivity contribution is -0.122. The van der Waals surface area contributed by atoms with E-state index in [0.717, 1.165) is 56.8 Å². The predicted octanol–water partition coefficient (Wildman–Crippen LogP) is 4.15. The Morgan fingerprint density at radius 2 is 1.96 bits per heavy atom. The molecule has 5 nitrogen and oxygen atoms in total. The summed E-state index contributed by atoms with van der Waals surface area (Å²) in [7, 11) is 0. The molecule has 0 spiro atoms. The van der Waals surface area contributed by atoms with Crippen LogP contribution in [0.4, 0.5) is 0 Å². The summed E-state index contributed by atoms with van der Waals surface area (Å²) in [6.45, 7) is 6.80. The summed E-state index contributed by atoms with van der Waals surface area (Å²) in [6, 6.07) is 0.211. The highest BCUT2D eigenvalue weighted by Gasteiger charge is 2.26. The van der Waals surface area contributed by atoms with Crippen molar-refractivity contribution in [3.8, 4) is 0 Å². The minimum atomic E-state index is 0.211. The molecule has 0 aromatic heterocycles. The van der Waals surface area contributed by atoms with Gasteiger partial charge in [-0.25, -0.2) is 0 Å². The molecule has 2 atom stereocenters. The molecule has 2 unspecified atom stereocenters. The van der Waals surface area contributed by atoms with Gasteiger partial charge in [0.05, 0.1) is 0 Å². The van der Waals surface area contributed by atoms with E-state index in [0.29, 0.717) is 25.6 Å². The maximum Gasteiger partial charge on any atom is 0.220 e. The fraction of sp³-hybridized carbons (Fsp3) is 0.783. The lowest BCUT2D eigenvalue weighted by Gasteiger charge is -2.30. The van der Waals surface area contributed by atoms with Crippen LogP contribution in [-0.4, -0.2) is 49.7 Å². The highest BCUT2D eigenvalue weighted by atomic mass is 16.6. The monoisotopic (exact) mass is 390 g/mol. The number of hydrogen-bond donors (Lipinski definition) is 1. The van der Waals surface area contributed by atoms with Crippen molar-refractivity contribution in [2.24, 2.45) is 5.92 Å². The van der Waals surface area contributed by atoms with Gasteiger partial charge in [0, 0.05) is 25.4 Å². The fourth-order valence-corrected chi connectivity index (χ4v) is 4.47. The van der Waals surface area contributed by atoms with E-state index in [-0.39, 0.29) is 11.9 Å². The summed E-state index contributed by atoms with van der Waals surface area (Å²) in [4.78, 5) is 15.0. The Kier molecular flexibility index (Phi) is 8.71. The quantitative estimate of drug-likeness (QED) is 0.539. The standard InChI is InChI=1S/C23H38N2O3/c1-2-3-4-5-6-9-23(26)24-20(18-25-12-7-8-13-25)16-19-10-11-21-22(17-19)28-15-14-27-21/h10-11,19-20H,2-9,12-18H2,1H3,(H,24,26). The Morgan fingerprint density at radius 1 is 1.18 bits per heavy atom. The normalized spacial score (nSPS) is 23.1. The molecule has 0 saturated carbocycles. The number of nitrogens with one attached hydrogen (secondary N) is 1. The average molecular weight is 391 g/mol. The Balaban J connectivity index is 1.48. The van der Waals surface area contributed by atoms with E-state index in [9.17, 15) is 4.79 Å². The Hall–Kier alpha value is -1.49. The van der Waals surface area contributed by atoms with Crippen molar-refractivity contribution in [3.63, 3.8) is 0 Å². The van der Waals surface area contributed by atoms with Gasteiger partial charge in [-0.15, -0.1) is 0 Å². The minimum Gasteiger partial charge on any atom is -0.490 e. The highest BCUT2D eigenvalue weighted by molar-refractivity contribution is 5.76. The van der Waals surface area contributed by atoms with E-state index in [4.69, 9.17) is 9.47 Å². The van der Waals surface area contributed by atoms with Crippen LogP contribution in [-0.2, 0) is 14.3 Å². The third kappa shape index (κ3) is 6.84. The number of carbonyl (C=O) groups is 1. The SMILES string of the molecule is CCCCCCCC(=O)NC(CC1C=CC2=C(C1)OCCO2)CN1CCCC1. The summed E-state index contributed by atoms with van der Waals surface area (Å²) in [6.07, 6.45) is 15.3. The van der Waals surface area contributed by atoms with Gasteiger partial charge >= 0.3 is 0 Å². The van der Waals surface area contributed by atoms with Crippen LogP contribution in [0.2, 0.25) is 0 Å². The zero-order valence-electron chi connectivity index (χ0n) is 17.6. The van der Waals surface area contributed by atoms with Gasteiger partial charge in [-0.3, -0.25) is 4.79 Å². The first-order valence-electron chi connectivity index (χ1n) is 11.4. The number of rotatable bonds is 11. The highest BCUT2D eigenvalue weighted by Crippen LogP contribution is 2.30. The Bertz CT molecular complexity index is 552. The molecule has 0 aromatic rings. The van der Waals surface area contributed by atoms with Crippen LogP contribution in [0.1, 0.15) is 71.1 Å². The second-order valence-electron chi connectivity index (χ2n) is 8.48. The molecule has 2 heterocycles. The molecular weight excluding hydrogens is 352 g/mol. The number of hydrogen-bond acceptors (Lipinski definition) is 4. The molecule has 5 heteroatoms. The lowest BCUT2D eigenvalue weighted by Crippen LogP contribution is -2.44. The van der Waals surface area contributed by atoms with Gasteiger partial charge < -0.3 is 19.7 Å². The van der Waals surface area contributed by atoms with Crippen molar-refractivity contribution in [1.29, 1.82) is 0 Å². The summed E-state index contributed by atoms with van der Waals surface area (Å²) in [5.41, 5.74) is 0. The second-order valence-corrected chi connectivity index (χ2v) is 8.48. The number of allylic oxidation sites excluding steroid dienone is 3. The van der Waals surface area contributed by atoms with Gasteiger partial charge in [-0.05, 0) is 50.8 Å². The molecular formula is C23H38N2O3. The Labute approximate surface area is 170 Å². The molecule has 0 bridgehead atoms. The zero-order valence-corrected chi connectivity index (χ0v) is 17.6. The molecule has 2 aliphatic heterocycles. The van der Waals surface area contributed by atoms with Crippen LogP contribution in [0.5, 0.6) is 0 Å². The van der Waals surface area contributed by atoms with E-state index in [1.807, 2.05) is 0 Å². The minimum absolute atomic E-state index is 0.211. The first-order valence-corrected chi connectivity index (χ1v) is 11.4. The van der Waals surface area contributed by atoms with Crippen LogP contribution in [0.25, 0.3) is 0 Å². The molecule has 1 N–H and O–H groups in total. The molecule has 3 aliphatic rings. The maximum absolute atomic E-state index is 12.5. The fourth-order valence-electron chi connectivity index (χ4n) is 4.47. The van der Waals surface area contributed by atoms with Crippen molar-refractivity contribution >= 4 is 5.91 Å². The topological polar surface area (TPSA) is 50.8 Å². The van der Waals surface area contributed by atoms with E-state index >= 15 is 0 Å². The van der Waals surface area contributed by atoms with Gasteiger partial charge in [0.1, 0.15) is 19.0 Å². The third-order valence-corrected chi connectivity index (χ3v) is 6.00.